The van der Waals surface area contributed by atoms with Crippen molar-refractivity contribution in [3.05, 3.63) is 28.8 Å². The zero-order valence-electron chi connectivity index (χ0n) is 12.8. The Labute approximate surface area is 137 Å². The number of rotatable bonds is 8. The van der Waals surface area contributed by atoms with Crippen molar-refractivity contribution >= 4 is 37.3 Å². The summed E-state index contributed by atoms with van der Waals surface area (Å²) in [6.45, 7) is 3.58. The van der Waals surface area contributed by atoms with E-state index in [0.29, 0.717) is 17.1 Å². The molecule has 1 N–H and O–H groups in total. The van der Waals surface area contributed by atoms with Crippen molar-refractivity contribution in [3.63, 3.8) is 0 Å². The third-order valence-electron chi connectivity index (χ3n) is 2.95. The van der Waals surface area contributed by atoms with Crippen LogP contribution in [0.3, 0.4) is 0 Å². The minimum atomic E-state index is -3.54. The lowest BCUT2D eigenvalue weighted by Gasteiger charge is -2.23. The summed E-state index contributed by atoms with van der Waals surface area (Å²) in [7, 11) is -6.91. The predicted octanol–water partition coefficient (Wildman–Crippen LogP) is 1.74. The van der Waals surface area contributed by atoms with Crippen molar-refractivity contribution in [1.82, 2.24) is 4.72 Å². The topological polar surface area (TPSA) is 83.6 Å². The van der Waals surface area contributed by atoms with E-state index in [4.69, 9.17) is 11.6 Å². The van der Waals surface area contributed by atoms with Crippen LogP contribution in [0.2, 0.25) is 5.02 Å². The van der Waals surface area contributed by atoms with Crippen LogP contribution in [0.25, 0.3) is 0 Å². The van der Waals surface area contributed by atoms with Gasteiger partial charge in [0.15, 0.2) is 0 Å². The van der Waals surface area contributed by atoms with Gasteiger partial charge in [-0.3, -0.25) is 4.31 Å². The number of nitrogens with one attached hydrogen (secondary N) is 1. The van der Waals surface area contributed by atoms with Crippen LogP contribution < -0.4 is 9.03 Å². The number of hydrogen-bond acceptors (Lipinski definition) is 4. The molecule has 0 bridgehead atoms. The average Bonchev–Trinajstić information content (AvgIpc) is 2.36. The molecule has 0 aliphatic carbocycles. The minimum absolute atomic E-state index is 0.000892. The molecule has 0 saturated heterocycles. The van der Waals surface area contributed by atoms with E-state index in [-0.39, 0.29) is 18.8 Å². The maximum atomic E-state index is 11.9. The second kappa shape index (κ2) is 7.63. The summed E-state index contributed by atoms with van der Waals surface area (Å²) >= 11 is 6.02. The fraction of sp³-hybridized carbons (Fsp3) is 0.538. The molecular formula is C13H21ClN2O4S2. The van der Waals surface area contributed by atoms with E-state index in [1.165, 1.54) is 0 Å². The van der Waals surface area contributed by atoms with Crippen LogP contribution in [-0.4, -0.2) is 41.9 Å². The van der Waals surface area contributed by atoms with E-state index in [9.17, 15) is 16.8 Å². The molecule has 0 radical (unpaired) electrons. The molecule has 0 heterocycles. The molecule has 1 aromatic carbocycles. The Morgan fingerprint density at radius 1 is 1.23 bits per heavy atom. The van der Waals surface area contributed by atoms with Gasteiger partial charge in [0, 0.05) is 18.1 Å². The summed E-state index contributed by atoms with van der Waals surface area (Å²) in [6, 6.07) is 4.92. The van der Waals surface area contributed by atoms with Crippen LogP contribution in [-0.2, 0) is 20.0 Å². The van der Waals surface area contributed by atoms with Gasteiger partial charge in [-0.15, -0.1) is 0 Å². The summed E-state index contributed by atoms with van der Waals surface area (Å²) in [5.41, 5.74) is 1.25. The molecule has 0 fully saturated rings. The van der Waals surface area contributed by atoms with E-state index in [1.54, 1.807) is 25.1 Å². The van der Waals surface area contributed by atoms with Crippen molar-refractivity contribution < 1.29 is 16.8 Å². The Hall–Kier alpha value is -0.830. The van der Waals surface area contributed by atoms with Crippen molar-refractivity contribution in [1.29, 1.82) is 0 Å². The number of sulfonamides is 2. The van der Waals surface area contributed by atoms with E-state index in [1.807, 2.05) is 6.92 Å². The zero-order valence-corrected chi connectivity index (χ0v) is 15.2. The largest absolute Gasteiger partial charge is 0.269 e. The van der Waals surface area contributed by atoms with Gasteiger partial charge in [-0.25, -0.2) is 21.6 Å². The van der Waals surface area contributed by atoms with E-state index in [2.05, 4.69) is 4.72 Å². The first kappa shape index (κ1) is 19.2. The second-order valence-electron chi connectivity index (χ2n) is 4.98. The highest BCUT2D eigenvalue weighted by Crippen LogP contribution is 2.24. The average molecular weight is 369 g/mol. The summed E-state index contributed by atoms with van der Waals surface area (Å²) in [5.74, 6) is 0.0161. The standard InChI is InChI=1S/C13H21ClN2O4S2/c1-4-9-22(19,20)15-7-8-16(21(3,17)18)12-6-5-11(2)13(14)10-12/h5-6,10,15H,4,7-9H2,1-3H3. The highest BCUT2D eigenvalue weighted by molar-refractivity contribution is 7.92. The molecule has 0 saturated carbocycles. The Bertz CT molecular complexity index is 718. The molecule has 9 heteroatoms. The maximum Gasteiger partial charge on any atom is 0.232 e. The molecule has 6 nitrogen and oxygen atoms in total. The van der Waals surface area contributed by atoms with Gasteiger partial charge in [-0.1, -0.05) is 24.6 Å². The third-order valence-corrected chi connectivity index (χ3v) is 6.14. The summed E-state index contributed by atoms with van der Waals surface area (Å²) in [6.07, 6.45) is 1.57. The maximum absolute atomic E-state index is 11.9. The summed E-state index contributed by atoms with van der Waals surface area (Å²) in [5, 5.41) is 0.456. The minimum Gasteiger partial charge on any atom is -0.269 e. The summed E-state index contributed by atoms with van der Waals surface area (Å²) < 4.78 is 50.5. The normalized spacial score (nSPS) is 12.4. The smallest absolute Gasteiger partial charge is 0.232 e. The predicted molar refractivity (Wildman–Crippen MR) is 90.5 cm³/mol. The molecule has 0 spiro atoms. The third kappa shape index (κ3) is 5.75. The lowest BCUT2D eigenvalue weighted by Crippen LogP contribution is -2.38. The van der Waals surface area contributed by atoms with Gasteiger partial charge in [-0.2, -0.15) is 0 Å². The quantitative estimate of drug-likeness (QED) is 0.757. The van der Waals surface area contributed by atoms with Crippen LogP contribution in [0.4, 0.5) is 5.69 Å². The molecule has 0 amide bonds. The first-order chi connectivity index (χ1) is 10.1. The monoisotopic (exact) mass is 368 g/mol. The number of aryl methyl sites for hydroxylation is 1. The Morgan fingerprint density at radius 2 is 1.86 bits per heavy atom. The number of nitrogens with zero attached hydrogens (tertiary/aromatic N) is 1. The fourth-order valence-electron chi connectivity index (χ4n) is 1.87. The SMILES string of the molecule is CCCS(=O)(=O)NCCN(c1ccc(C)c(Cl)c1)S(C)(=O)=O. The number of anilines is 1. The molecule has 1 aromatic rings. The van der Waals surface area contributed by atoms with Crippen LogP contribution in [0.1, 0.15) is 18.9 Å². The first-order valence-corrected chi connectivity index (χ1v) is 10.7. The van der Waals surface area contributed by atoms with Crippen LogP contribution in [0.15, 0.2) is 18.2 Å². The number of hydrogen-bond donors (Lipinski definition) is 1. The highest BCUT2D eigenvalue weighted by Gasteiger charge is 2.19. The van der Waals surface area contributed by atoms with Gasteiger partial charge in [0.05, 0.1) is 17.7 Å². The van der Waals surface area contributed by atoms with E-state index >= 15 is 0 Å². The lowest BCUT2D eigenvalue weighted by atomic mass is 10.2. The van der Waals surface area contributed by atoms with Gasteiger partial charge in [0.25, 0.3) is 0 Å². The molecule has 0 aromatic heterocycles. The van der Waals surface area contributed by atoms with E-state index < -0.39 is 20.0 Å². The second-order valence-corrected chi connectivity index (χ2v) is 9.22. The van der Waals surface area contributed by atoms with Gasteiger partial charge in [-0.05, 0) is 31.0 Å². The number of benzene rings is 1. The van der Waals surface area contributed by atoms with Crippen molar-refractivity contribution in [2.45, 2.75) is 20.3 Å². The van der Waals surface area contributed by atoms with Crippen LogP contribution in [0, 0.1) is 6.92 Å². The Balaban J connectivity index is 2.90. The Kier molecular flexibility index (Phi) is 6.66. The Morgan fingerprint density at radius 3 is 2.36 bits per heavy atom. The lowest BCUT2D eigenvalue weighted by molar-refractivity contribution is 0.577. The van der Waals surface area contributed by atoms with Gasteiger partial charge < -0.3 is 0 Å². The van der Waals surface area contributed by atoms with Crippen molar-refractivity contribution in [2.75, 3.05) is 29.4 Å². The van der Waals surface area contributed by atoms with E-state index in [0.717, 1.165) is 16.1 Å². The molecule has 22 heavy (non-hydrogen) atoms. The van der Waals surface area contributed by atoms with Crippen molar-refractivity contribution in [3.8, 4) is 0 Å². The van der Waals surface area contributed by atoms with Gasteiger partial charge in [0.1, 0.15) is 0 Å². The van der Waals surface area contributed by atoms with Crippen LogP contribution in [0.5, 0.6) is 0 Å². The molecule has 1 rings (SSSR count). The molecular weight excluding hydrogens is 348 g/mol. The molecule has 0 atom stereocenters. The fourth-order valence-corrected chi connectivity index (χ4v) is 4.05. The highest BCUT2D eigenvalue weighted by atomic mass is 35.5. The van der Waals surface area contributed by atoms with Gasteiger partial charge >= 0.3 is 0 Å². The van der Waals surface area contributed by atoms with Crippen molar-refractivity contribution in [2.24, 2.45) is 0 Å². The molecule has 0 aliphatic heterocycles. The zero-order chi connectivity index (χ0) is 17.0. The van der Waals surface area contributed by atoms with Gasteiger partial charge in [0.2, 0.25) is 20.0 Å². The summed E-state index contributed by atoms with van der Waals surface area (Å²) in [4.78, 5) is 0. The number of halogens is 1. The first-order valence-electron chi connectivity index (χ1n) is 6.78. The van der Waals surface area contributed by atoms with Crippen LogP contribution >= 0.6 is 11.6 Å². The molecule has 126 valence electrons. The molecule has 0 unspecified atom stereocenters. The molecule has 0 aliphatic rings.